The fourth-order valence-corrected chi connectivity index (χ4v) is 4.96. The normalized spacial score (nSPS) is 14.0. The molecule has 252 valence electrons. The Balaban J connectivity index is 1.59. The molecule has 4 rings (SSSR count). The number of hydrogen-bond acceptors (Lipinski definition) is 10. The van der Waals surface area contributed by atoms with Crippen LogP contribution in [0.3, 0.4) is 0 Å². The van der Waals surface area contributed by atoms with E-state index in [0.29, 0.717) is 17.2 Å². The monoisotopic (exact) mass is 648 g/mol. The number of amides is 3. The molecule has 0 bridgehead atoms. The highest BCUT2D eigenvalue weighted by molar-refractivity contribution is 5.97. The third-order valence-corrected chi connectivity index (χ3v) is 7.32. The molecule has 1 N–H and O–H groups in total. The fourth-order valence-electron chi connectivity index (χ4n) is 4.96. The molecule has 1 aromatic carbocycles. The molecule has 1 aliphatic rings. The summed E-state index contributed by atoms with van der Waals surface area (Å²) in [5, 5.41) is 11.3. The maximum atomic E-state index is 13.8. The zero-order valence-corrected chi connectivity index (χ0v) is 27.8. The molecule has 3 amide bonds. The number of rotatable bonds is 12. The third-order valence-electron chi connectivity index (χ3n) is 7.32. The average Bonchev–Trinajstić information content (AvgIpc) is 3.54. The highest BCUT2D eigenvalue weighted by atomic mass is 16.6. The van der Waals surface area contributed by atoms with Crippen LogP contribution in [0.4, 0.5) is 4.79 Å². The van der Waals surface area contributed by atoms with E-state index in [9.17, 15) is 19.2 Å². The molecule has 1 unspecified atom stereocenters. The van der Waals surface area contributed by atoms with E-state index in [4.69, 9.17) is 9.47 Å². The Morgan fingerprint density at radius 3 is 2.34 bits per heavy atom. The second-order valence-corrected chi connectivity index (χ2v) is 12.2. The van der Waals surface area contributed by atoms with Crippen LogP contribution in [0.1, 0.15) is 76.5 Å². The van der Waals surface area contributed by atoms with Gasteiger partial charge in [-0.15, -0.1) is 5.10 Å². The molecular formula is C33H44N8O6. The van der Waals surface area contributed by atoms with Crippen LogP contribution in [-0.4, -0.2) is 103 Å². The Kier molecular flexibility index (Phi) is 12.0. The summed E-state index contributed by atoms with van der Waals surface area (Å²) in [4.78, 5) is 64.7. The smallest absolute Gasteiger partial charge is 0.409 e. The van der Waals surface area contributed by atoms with Gasteiger partial charge in [0, 0.05) is 44.2 Å². The van der Waals surface area contributed by atoms with Gasteiger partial charge in [0.15, 0.2) is 11.6 Å². The van der Waals surface area contributed by atoms with E-state index >= 15 is 0 Å². The summed E-state index contributed by atoms with van der Waals surface area (Å²) in [6.45, 7) is 10.4. The number of carbonyl (C=O) groups excluding carboxylic acids is 4. The van der Waals surface area contributed by atoms with Gasteiger partial charge in [-0.3, -0.25) is 14.4 Å². The molecule has 0 radical (unpaired) electrons. The third kappa shape index (κ3) is 10.1. The van der Waals surface area contributed by atoms with Crippen molar-refractivity contribution < 1.29 is 28.7 Å². The van der Waals surface area contributed by atoms with E-state index in [1.54, 1.807) is 38.8 Å². The van der Waals surface area contributed by atoms with Crippen LogP contribution in [0, 0.1) is 0 Å². The van der Waals surface area contributed by atoms with Crippen LogP contribution >= 0.6 is 0 Å². The SMILES string of the molecule is CCCCc1cn(-c2cc(C(=O)NC(CCC(=O)OC(C)(C)C)C(=O)N3CCN(C(=O)OCC)CC3)nc(-c3ccccc3)n2)nn1. The number of piperazine rings is 1. The van der Waals surface area contributed by atoms with Crippen LogP contribution in [0.5, 0.6) is 0 Å². The maximum absolute atomic E-state index is 13.8. The largest absolute Gasteiger partial charge is 0.460 e. The number of benzene rings is 1. The van der Waals surface area contributed by atoms with Gasteiger partial charge in [-0.1, -0.05) is 48.9 Å². The summed E-state index contributed by atoms with van der Waals surface area (Å²) < 4.78 is 12.0. The van der Waals surface area contributed by atoms with Gasteiger partial charge in [-0.05, 0) is 47.0 Å². The highest BCUT2D eigenvalue weighted by Crippen LogP contribution is 2.19. The molecule has 1 aliphatic heterocycles. The van der Waals surface area contributed by atoms with Crippen LogP contribution in [-0.2, 0) is 25.5 Å². The summed E-state index contributed by atoms with van der Waals surface area (Å²) in [7, 11) is 0. The molecule has 14 heteroatoms. The number of nitrogens with zero attached hydrogens (tertiary/aromatic N) is 7. The minimum absolute atomic E-state index is 0.00489. The van der Waals surface area contributed by atoms with Crippen molar-refractivity contribution in [2.45, 2.75) is 78.4 Å². The number of nitrogens with one attached hydrogen (secondary N) is 1. The van der Waals surface area contributed by atoms with E-state index in [1.165, 1.54) is 15.6 Å². The van der Waals surface area contributed by atoms with E-state index in [0.717, 1.165) is 25.0 Å². The first-order chi connectivity index (χ1) is 22.5. The van der Waals surface area contributed by atoms with Crippen molar-refractivity contribution in [1.82, 2.24) is 40.1 Å². The topological polar surface area (TPSA) is 162 Å². The number of aryl methyl sites for hydroxylation is 1. The van der Waals surface area contributed by atoms with Crippen LogP contribution in [0.2, 0.25) is 0 Å². The number of carbonyl (C=O) groups is 4. The Morgan fingerprint density at radius 2 is 1.68 bits per heavy atom. The Bertz CT molecular complexity index is 1530. The van der Waals surface area contributed by atoms with Crippen molar-refractivity contribution >= 4 is 23.9 Å². The van der Waals surface area contributed by atoms with Gasteiger partial charge in [0.1, 0.15) is 17.3 Å². The second kappa shape index (κ2) is 16.1. The van der Waals surface area contributed by atoms with Crippen LogP contribution in [0.25, 0.3) is 17.2 Å². The Labute approximate surface area is 274 Å². The molecular weight excluding hydrogens is 604 g/mol. The molecule has 3 heterocycles. The highest BCUT2D eigenvalue weighted by Gasteiger charge is 2.32. The number of unbranched alkanes of at least 4 members (excludes halogenated alkanes) is 1. The predicted molar refractivity (Wildman–Crippen MR) is 173 cm³/mol. The molecule has 3 aromatic rings. The summed E-state index contributed by atoms with van der Waals surface area (Å²) >= 11 is 0. The molecule has 0 saturated carbocycles. The van der Waals surface area contributed by atoms with Crippen molar-refractivity contribution in [1.29, 1.82) is 0 Å². The fraction of sp³-hybridized carbons (Fsp3) is 0.515. The van der Waals surface area contributed by atoms with Gasteiger partial charge >= 0.3 is 12.1 Å². The molecule has 47 heavy (non-hydrogen) atoms. The lowest BCUT2D eigenvalue weighted by Gasteiger charge is -2.36. The number of aromatic nitrogens is 5. The number of hydrogen-bond donors (Lipinski definition) is 1. The molecule has 1 atom stereocenters. The minimum atomic E-state index is -1.06. The summed E-state index contributed by atoms with van der Waals surface area (Å²) in [6.07, 6.45) is 3.98. The first-order valence-electron chi connectivity index (χ1n) is 16.1. The first-order valence-corrected chi connectivity index (χ1v) is 16.1. The Hall–Kier alpha value is -4.88. The van der Waals surface area contributed by atoms with E-state index in [-0.39, 0.29) is 57.2 Å². The van der Waals surface area contributed by atoms with Crippen LogP contribution < -0.4 is 5.32 Å². The van der Waals surface area contributed by atoms with Gasteiger partial charge in [-0.2, -0.15) is 0 Å². The lowest BCUT2D eigenvalue weighted by molar-refractivity contribution is -0.155. The summed E-state index contributed by atoms with van der Waals surface area (Å²) in [5.41, 5.74) is 0.800. The van der Waals surface area contributed by atoms with E-state index < -0.39 is 29.6 Å². The predicted octanol–water partition coefficient (Wildman–Crippen LogP) is 3.59. The Morgan fingerprint density at radius 1 is 0.979 bits per heavy atom. The average molecular weight is 649 g/mol. The zero-order chi connectivity index (χ0) is 34.0. The molecule has 0 spiro atoms. The molecule has 0 aliphatic carbocycles. The van der Waals surface area contributed by atoms with Gasteiger partial charge in [0.05, 0.1) is 18.5 Å². The lowest BCUT2D eigenvalue weighted by atomic mass is 10.1. The zero-order valence-electron chi connectivity index (χ0n) is 27.8. The van der Waals surface area contributed by atoms with Gasteiger partial charge in [0.25, 0.3) is 5.91 Å². The van der Waals surface area contributed by atoms with Crippen molar-refractivity contribution in [3.8, 4) is 17.2 Å². The summed E-state index contributed by atoms with van der Waals surface area (Å²) in [6, 6.07) is 9.65. The second-order valence-electron chi connectivity index (χ2n) is 12.2. The quantitative estimate of drug-likeness (QED) is 0.287. The minimum Gasteiger partial charge on any atom is -0.460 e. The molecule has 14 nitrogen and oxygen atoms in total. The van der Waals surface area contributed by atoms with Crippen molar-refractivity contribution in [3.05, 3.63) is 54.0 Å². The number of esters is 1. The molecule has 1 fully saturated rings. The van der Waals surface area contributed by atoms with Crippen molar-refractivity contribution in [3.63, 3.8) is 0 Å². The van der Waals surface area contributed by atoms with E-state index in [1.807, 2.05) is 30.3 Å². The molecule has 1 saturated heterocycles. The first kappa shape index (κ1) is 35.0. The summed E-state index contributed by atoms with van der Waals surface area (Å²) in [5.74, 6) is -0.848. The van der Waals surface area contributed by atoms with Crippen LogP contribution in [0.15, 0.2) is 42.6 Å². The van der Waals surface area contributed by atoms with Gasteiger partial charge < -0.3 is 24.6 Å². The van der Waals surface area contributed by atoms with Gasteiger partial charge in [-0.25, -0.2) is 19.4 Å². The van der Waals surface area contributed by atoms with Crippen molar-refractivity contribution in [2.24, 2.45) is 0 Å². The maximum Gasteiger partial charge on any atom is 0.409 e. The number of ether oxygens (including phenoxy) is 2. The molecule has 2 aromatic heterocycles. The van der Waals surface area contributed by atoms with E-state index in [2.05, 4.69) is 32.5 Å². The van der Waals surface area contributed by atoms with Gasteiger partial charge in [0.2, 0.25) is 5.91 Å². The van der Waals surface area contributed by atoms with Crippen molar-refractivity contribution in [2.75, 3.05) is 32.8 Å². The lowest BCUT2D eigenvalue weighted by Crippen LogP contribution is -2.56. The standard InChI is InChI=1S/C33H44N8O6/c1-6-8-14-24-22-41(38-37-24)27-21-26(34-29(36-27)23-12-10-9-11-13-23)30(43)35-25(15-16-28(42)47-33(3,4)5)31(44)39-17-19-40(20-18-39)32(45)46-7-2/h9-13,21-22,25H,6-8,14-20H2,1-5H3,(H,35,43).